The van der Waals surface area contributed by atoms with E-state index in [2.05, 4.69) is 19.0 Å². The molecule has 1 heterocycles. The van der Waals surface area contributed by atoms with Gasteiger partial charge in [0.15, 0.2) is 5.69 Å². The minimum absolute atomic E-state index is 0.0469. The van der Waals surface area contributed by atoms with Crippen LogP contribution >= 0.6 is 0 Å². The van der Waals surface area contributed by atoms with E-state index in [-0.39, 0.29) is 5.91 Å². The highest BCUT2D eigenvalue weighted by atomic mass is 16.5. The third-order valence-electron chi connectivity index (χ3n) is 3.43. The first kappa shape index (κ1) is 13.1. The quantitative estimate of drug-likeness (QED) is 0.807. The fraction of sp³-hybridized carbons (Fsp3) is 0.714. The lowest BCUT2D eigenvalue weighted by Crippen LogP contribution is -2.33. The summed E-state index contributed by atoms with van der Waals surface area (Å²) in [6.07, 6.45) is 6.10. The van der Waals surface area contributed by atoms with Crippen LogP contribution in [0.5, 0.6) is 0 Å². The van der Waals surface area contributed by atoms with Crippen molar-refractivity contribution in [3.63, 3.8) is 0 Å². The summed E-state index contributed by atoms with van der Waals surface area (Å²) in [5.74, 6) is 0.975. The average molecular weight is 250 g/mol. The zero-order valence-corrected chi connectivity index (χ0v) is 11.4. The monoisotopic (exact) mass is 250 g/mol. The number of nitrogens with zero attached hydrogens (tertiary/aromatic N) is 2. The molecule has 0 N–H and O–H groups in total. The molecule has 0 bridgehead atoms. The van der Waals surface area contributed by atoms with E-state index in [1.165, 1.54) is 0 Å². The molecule has 0 aliphatic heterocycles. The van der Waals surface area contributed by atoms with E-state index in [9.17, 15) is 4.79 Å². The third-order valence-corrected chi connectivity index (χ3v) is 3.43. The highest BCUT2D eigenvalue weighted by molar-refractivity contribution is 5.93. The first-order valence-corrected chi connectivity index (χ1v) is 7.04. The lowest BCUT2D eigenvalue weighted by molar-refractivity contribution is 0.0744. The summed E-state index contributed by atoms with van der Waals surface area (Å²) in [7, 11) is 0. The molecular weight excluding hydrogens is 228 g/mol. The summed E-state index contributed by atoms with van der Waals surface area (Å²) >= 11 is 0. The van der Waals surface area contributed by atoms with Gasteiger partial charge in [0.2, 0.25) is 0 Å². The zero-order chi connectivity index (χ0) is 13.0. The largest absolute Gasteiger partial charge is 0.360 e. The lowest BCUT2D eigenvalue weighted by atomic mass is 9.96. The van der Waals surface area contributed by atoms with Gasteiger partial charge in [-0.15, -0.1) is 0 Å². The van der Waals surface area contributed by atoms with Crippen LogP contribution in [0.2, 0.25) is 0 Å². The third kappa shape index (κ3) is 2.57. The molecule has 1 aromatic heterocycles. The van der Waals surface area contributed by atoms with E-state index < -0.39 is 0 Å². The molecule has 1 aliphatic carbocycles. The van der Waals surface area contributed by atoms with Crippen molar-refractivity contribution in [3.05, 3.63) is 17.0 Å². The summed E-state index contributed by atoms with van der Waals surface area (Å²) in [6, 6.07) is 0. The molecule has 1 amide bonds. The van der Waals surface area contributed by atoms with Crippen LogP contribution < -0.4 is 0 Å². The molecule has 0 fully saturated rings. The van der Waals surface area contributed by atoms with Crippen molar-refractivity contribution in [1.29, 1.82) is 0 Å². The molecule has 0 radical (unpaired) electrons. The van der Waals surface area contributed by atoms with Gasteiger partial charge >= 0.3 is 0 Å². The summed E-state index contributed by atoms with van der Waals surface area (Å²) < 4.78 is 5.32. The fourth-order valence-corrected chi connectivity index (χ4v) is 2.56. The highest BCUT2D eigenvalue weighted by Crippen LogP contribution is 2.25. The van der Waals surface area contributed by atoms with Crippen LogP contribution in [0.1, 0.15) is 61.3 Å². The van der Waals surface area contributed by atoms with Gasteiger partial charge in [-0.1, -0.05) is 19.0 Å². The number of aryl methyl sites for hydroxylation is 1. The van der Waals surface area contributed by atoms with Crippen molar-refractivity contribution in [3.8, 4) is 0 Å². The summed E-state index contributed by atoms with van der Waals surface area (Å²) in [5, 5.41) is 4.02. The van der Waals surface area contributed by atoms with E-state index >= 15 is 0 Å². The SMILES string of the molecule is CCCN(CCC)C(=O)c1noc2c1CCCC2. The summed E-state index contributed by atoms with van der Waals surface area (Å²) in [6.45, 7) is 5.78. The van der Waals surface area contributed by atoms with Crippen molar-refractivity contribution < 1.29 is 9.32 Å². The number of amides is 1. The van der Waals surface area contributed by atoms with Crippen molar-refractivity contribution in [2.45, 2.75) is 52.4 Å². The smallest absolute Gasteiger partial charge is 0.276 e. The first-order valence-electron chi connectivity index (χ1n) is 7.04. The van der Waals surface area contributed by atoms with Gasteiger partial charge in [0.25, 0.3) is 5.91 Å². The summed E-state index contributed by atoms with van der Waals surface area (Å²) in [5.41, 5.74) is 1.62. The van der Waals surface area contributed by atoms with Crippen LogP contribution in [0.25, 0.3) is 0 Å². The van der Waals surface area contributed by atoms with Gasteiger partial charge in [0, 0.05) is 25.1 Å². The Morgan fingerprint density at radius 1 is 1.22 bits per heavy atom. The van der Waals surface area contributed by atoms with Gasteiger partial charge in [-0.2, -0.15) is 0 Å². The topological polar surface area (TPSA) is 46.3 Å². The Morgan fingerprint density at radius 2 is 1.89 bits per heavy atom. The molecule has 0 aromatic carbocycles. The van der Waals surface area contributed by atoms with E-state index in [1.807, 2.05) is 4.90 Å². The Labute approximate surface area is 108 Å². The van der Waals surface area contributed by atoms with E-state index in [0.717, 1.165) is 62.9 Å². The van der Waals surface area contributed by atoms with Gasteiger partial charge in [-0.25, -0.2) is 0 Å². The molecule has 4 heteroatoms. The van der Waals surface area contributed by atoms with Crippen LogP contribution in [-0.2, 0) is 12.8 Å². The standard InChI is InChI=1S/C14H22N2O2/c1-3-9-16(10-4-2)14(17)13-11-7-5-6-8-12(11)18-15-13/h3-10H2,1-2H3. The molecule has 0 saturated carbocycles. The predicted octanol–water partition coefficient (Wildman–Crippen LogP) is 2.82. The number of hydrogen-bond donors (Lipinski definition) is 0. The summed E-state index contributed by atoms with van der Waals surface area (Å²) in [4.78, 5) is 14.4. The molecule has 4 nitrogen and oxygen atoms in total. The Bertz CT molecular complexity index is 406. The normalized spacial score (nSPS) is 14.3. The van der Waals surface area contributed by atoms with Crippen molar-refractivity contribution in [2.75, 3.05) is 13.1 Å². The molecule has 0 atom stereocenters. The van der Waals surface area contributed by atoms with Gasteiger partial charge in [-0.05, 0) is 32.1 Å². The minimum Gasteiger partial charge on any atom is -0.360 e. The van der Waals surface area contributed by atoms with Gasteiger partial charge in [-0.3, -0.25) is 4.79 Å². The Kier molecular flexibility index (Phi) is 4.39. The molecule has 0 spiro atoms. The number of hydrogen-bond acceptors (Lipinski definition) is 3. The Hall–Kier alpha value is -1.32. The maximum Gasteiger partial charge on any atom is 0.276 e. The van der Waals surface area contributed by atoms with Crippen molar-refractivity contribution in [2.24, 2.45) is 0 Å². The molecule has 0 unspecified atom stereocenters. The first-order chi connectivity index (χ1) is 8.77. The zero-order valence-electron chi connectivity index (χ0n) is 11.4. The maximum atomic E-state index is 12.5. The van der Waals surface area contributed by atoms with Gasteiger partial charge in [0.05, 0.1) is 0 Å². The molecule has 1 aliphatic rings. The maximum absolute atomic E-state index is 12.5. The van der Waals surface area contributed by atoms with E-state index in [1.54, 1.807) is 0 Å². The van der Waals surface area contributed by atoms with Crippen LogP contribution in [0, 0.1) is 0 Å². The number of rotatable bonds is 5. The highest BCUT2D eigenvalue weighted by Gasteiger charge is 2.26. The number of carbonyl (C=O) groups is 1. The van der Waals surface area contributed by atoms with Crippen molar-refractivity contribution >= 4 is 5.91 Å². The van der Waals surface area contributed by atoms with E-state index in [0.29, 0.717) is 5.69 Å². The average Bonchev–Trinajstić information content (AvgIpc) is 2.81. The molecule has 100 valence electrons. The van der Waals surface area contributed by atoms with Crippen LogP contribution in [0.15, 0.2) is 4.52 Å². The van der Waals surface area contributed by atoms with Crippen molar-refractivity contribution in [1.82, 2.24) is 10.1 Å². The van der Waals surface area contributed by atoms with Gasteiger partial charge < -0.3 is 9.42 Å². The minimum atomic E-state index is 0.0469. The van der Waals surface area contributed by atoms with E-state index in [4.69, 9.17) is 4.52 Å². The fourth-order valence-electron chi connectivity index (χ4n) is 2.56. The molecule has 0 saturated heterocycles. The van der Waals surface area contributed by atoms with Crippen LogP contribution in [-0.4, -0.2) is 29.1 Å². The van der Waals surface area contributed by atoms with Gasteiger partial charge in [0.1, 0.15) is 5.76 Å². The second-order valence-electron chi connectivity index (χ2n) is 4.93. The molecule has 1 aromatic rings. The number of fused-ring (bicyclic) bond motifs is 1. The second-order valence-corrected chi connectivity index (χ2v) is 4.93. The predicted molar refractivity (Wildman–Crippen MR) is 69.6 cm³/mol. The second kappa shape index (κ2) is 6.03. The Balaban J connectivity index is 2.18. The van der Waals surface area contributed by atoms with Crippen LogP contribution in [0.4, 0.5) is 0 Å². The van der Waals surface area contributed by atoms with Crippen LogP contribution in [0.3, 0.4) is 0 Å². The number of aromatic nitrogens is 1. The molecule has 18 heavy (non-hydrogen) atoms. The molecule has 2 rings (SSSR count). The number of carbonyl (C=O) groups excluding carboxylic acids is 1. The molecular formula is C14H22N2O2. The lowest BCUT2D eigenvalue weighted by Gasteiger charge is -2.21. The Morgan fingerprint density at radius 3 is 2.56 bits per heavy atom.